The summed E-state index contributed by atoms with van der Waals surface area (Å²) in [5.74, 6) is 0. The van der Waals surface area contributed by atoms with Crippen LogP contribution in [0.15, 0.2) is 47.5 Å². The van der Waals surface area contributed by atoms with E-state index in [0.29, 0.717) is 5.69 Å². The first-order valence-corrected chi connectivity index (χ1v) is 9.16. The highest BCUT2D eigenvalue weighted by Crippen LogP contribution is 2.20. The summed E-state index contributed by atoms with van der Waals surface area (Å²) in [6, 6.07) is 9.57. The summed E-state index contributed by atoms with van der Waals surface area (Å²) >= 11 is 0. The summed E-state index contributed by atoms with van der Waals surface area (Å²) < 4.78 is 27.7. The molecule has 0 bridgehead atoms. The van der Waals surface area contributed by atoms with Gasteiger partial charge in [0.1, 0.15) is 0 Å². The molecule has 6 heteroatoms. The van der Waals surface area contributed by atoms with Crippen LogP contribution in [-0.4, -0.2) is 25.1 Å². The Labute approximate surface area is 137 Å². The molecular weight excluding hydrogens is 312 g/mol. The number of pyridine rings is 1. The number of rotatable bonds is 7. The molecule has 0 saturated heterocycles. The number of hydrogen-bond donors (Lipinski definition) is 2. The summed E-state index contributed by atoms with van der Waals surface area (Å²) in [5, 5.41) is 9.51. The van der Waals surface area contributed by atoms with Crippen molar-refractivity contribution < 1.29 is 13.5 Å². The van der Waals surface area contributed by atoms with Crippen molar-refractivity contribution in [1.82, 2.24) is 9.71 Å². The molecule has 1 aromatic carbocycles. The molecule has 0 spiro atoms. The molecule has 124 valence electrons. The van der Waals surface area contributed by atoms with Crippen molar-refractivity contribution >= 4 is 10.0 Å². The van der Waals surface area contributed by atoms with E-state index in [1.807, 2.05) is 19.9 Å². The van der Waals surface area contributed by atoms with Gasteiger partial charge in [0.2, 0.25) is 10.0 Å². The SMILES string of the molecule is CCc1ccc(S(=O)(=O)NC(CO)c2ccccn2)cc1CC. The third-order valence-corrected chi connectivity index (χ3v) is 5.24. The van der Waals surface area contributed by atoms with Crippen LogP contribution in [-0.2, 0) is 22.9 Å². The Hall–Kier alpha value is -1.76. The number of aryl methyl sites for hydroxylation is 2. The topological polar surface area (TPSA) is 79.3 Å². The van der Waals surface area contributed by atoms with Crippen molar-refractivity contribution in [3.63, 3.8) is 0 Å². The Balaban J connectivity index is 2.31. The zero-order chi connectivity index (χ0) is 16.9. The number of nitrogens with one attached hydrogen (secondary N) is 1. The van der Waals surface area contributed by atoms with Crippen molar-refractivity contribution in [2.24, 2.45) is 0 Å². The first-order chi connectivity index (χ1) is 11.0. The van der Waals surface area contributed by atoms with Gasteiger partial charge in [0, 0.05) is 6.20 Å². The van der Waals surface area contributed by atoms with Gasteiger partial charge in [-0.05, 0) is 48.2 Å². The minimum absolute atomic E-state index is 0.209. The van der Waals surface area contributed by atoms with Crippen LogP contribution in [0.3, 0.4) is 0 Å². The summed E-state index contributed by atoms with van der Waals surface area (Å²) in [4.78, 5) is 4.31. The molecule has 2 N–H and O–H groups in total. The average Bonchev–Trinajstić information content (AvgIpc) is 2.59. The van der Waals surface area contributed by atoms with Gasteiger partial charge in [-0.2, -0.15) is 4.72 Å². The van der Waals surface area contributed by atoms with Gasteiger partial charge in [0.25, 0.3) is 0 Å². The fourth-order valence-corrected chi connectivity index (χ4v) is 3.72. The molecule has 5 nitrogen and oxygen atoms in total. The summed E-state index contributed by atoms with van der Waals surface area (Å²) in [6.07, 6.45) is 3.21. The smallest absolute Gasteiger partial charge is 0.241 e. The van der Waals surface area contributed by atoms with E-state index in [0.717, 1.165) is 24.0 Å². The molecule has 0 aliphatic rings. The lowest BCUT2D eigenvalue weighted by molar-refractivity contribution is 0.256. The lowest BCUT2D eigenvalue weighted by Crippen LogP contribution is -2.31. The van der Waals surface area contributed by atoms with Crippen molar-refractivity contribution in [2.45, 2.75) is 37.6 Å². The van der Waals surface area contributed by atoms with Gasteiger partial charge in [0.05, 0.1) is 23.2 Å². The van der Waals surface area contributed by atoms with Gasteiger partial charge in [-0.3, -0.25) is 4.98 Å². The lowest BCUT2D eigenvalue weighted by Gasteiger charge is -2.17. The van der Waals surface area contributed by atoms with Crippen LogP contribution in [0.4, 0.5) is 0 Å². The van der Waals surface area contributed by atoms with Gasteiger partial charge >= 0.3 is 0 Å². The molecule has 1 heterocycles. The molecule has 0 aliphatic carbocycles. The van der Waals surface area contributed by atoms with Crippen molar-refractivity contribution in [2.75, 3.05) is 6.61 Å². The van der Waals surface area contributed by atoms with Crippen molar-refractivity contribution in [1.29, 1.82) is 0 Å². The van der Waals surface area contributed by atoms with Crippen LogP contribution in [0.1, 0.15) is 36.7 Å². The van der Waals surface area contributed by atoms with Gasteiger partial charge in [0.15, 0.2) is 0 Å². The molecule has 1 atom stereocenters. The Morgan fingerprint density at radius 2 is 1.87 bits per heavy atom. The van der Waals surface area contributed by atoms with Gasteiger partial charge in [-0.1, -0.05) is 26.0 Å². The highest BCUT2D eigenvalue weighted by molar-refractivity contribution is 7.89. The zero-order valence-electron chi connectivity index (χ0n) is 13.4. The highest BCUT2D eigenvalue weighted by Gasteiger charge is 2.22. The maximum atomic E-state index is 12.6. The van der Waals surface area contributed by atoms with Crippen LogP contribution in [0.2, 0.25) is 0 Å². The van der Waals surface area contributed by atoms with Crippen LogP contribution in [0, 0.1) is 0 Å². The molecule has 0 amide bonds. The van der Waals surface area contributed by atoms with E-state index in [1.165, 1.54) is 0 Å². The van der Waals surface area contributed by atoms with Gasteiger partial charge < -0.3 is 5.11 Å². The largest absolute Gasteiger partial charge is 0.394 e. The number of sulfonamides is 1. The predicted molar refractivity (Wildman–Crippen MR) is 89.6 cm³/mol. The summed E-state index contributed by atoms with van der Waals surface area (Å²) in [5.41, 5.74) is 2.66. The highest BCUT2D eigenvalue weighted by atomic mass is 32.2. The zero-order valence-corrected chi connectivity index (χ0v) is 14.2. The Morgan fingerprint density at radius 3 is 2.43 bits per heavy atom. The van der Waals surface area contributed by atoms with Gasteiger partial charge in [-0.15, -0.1) is 0 Å². The van der Waals surface area contributed by atoms with Crippen LogP contribution in [0.25, 0.3) is 0 Å². The minimum atomic E-state index is -3.73. The Morgan fingerprint density at radius 1 is 1.13 bits per heavy atom. The predicted octanol–water partition coefficient (Wildman–Crippen LogP) is 2.22. The average molecular weight is 334 g/mol. The molecule has 2 rings (SSSR count). The number of aromatic nitrogens is 1. The number of hydrogen-bond acceptors (Lipinski definition) is 4. The van der Waals surface area contributed by atoms with E-state index in [-0.39, 0.29) is 11.5 Å². The second-order valence-corrected chi connectivity index (χ2v) is 6.96. The maximum absolute atomic E-state index is 12.6. The quantitative estimate of drug-likeness (QED) is 0.814. The summed E-state index contributed by atoms with van der Waals surface area (Å²) in [6.45, 7) is 3.69. The second-order valence-electron chi connectivity index (χ2n) is 5.25. The molecule has 2 aromatic rings. The lowest BCUT2D eigenvalue weighted by atomic mass is 10.0. The summed E-state index contributed by atoms with van der Waals surface area (Å²) in [7, 11) is -3.73. The van der Waals surface area contributed by atoms with Crippen LogP contribution >= 0.6 is 0 Å². The molecule has 0 saturated carbocycles. The third kappa shape index (κ3) is 4.16. The third-order valence-electron chi connectivity index (χ3n) is 3.77. The first kappa shape index (κ1) is 17.6. The van der Waals surface area contributed by atoms with Crippen LogP contribution < -0.4 is 4.72 Å². The fourth-order valence-electron chi connectivity index (χ4n) is 2.47. The van der Waals surface area contributed by atoms with E-state index in [1.54, 1.807) is 36.5 Å². The first-order valence-electron chi connectivity index (χ1n) is 7.67. The Kier molecular flexibility index (Phi) is 5.87. The van der Waals surface area contributed by atoms with E-state index in [4.69, 9.17) is 0 Å². The van der Waals surface area contributed by atoms with Crippen molar-refractivity contribution in [3.05, 3.63) is 59.4 Å². The Bertz CT molecular complexity index is 746. The molecular formula is C17H22N2O3S. The second kappa shape index (κ2) is 7.68. The number of aliphatic hydroxyl groups excluding tert-OH is 1. The van der Waals surface area contributed by atoms with E-state index in [2.05, 4.69) is 9.71 Å². The number of benzene rings is 1. The number of nitrogens with zero attached hydrogens (tertiary/aromatic N) is 1. The minimum Gasteiger partial charge on any atom is -0.394 e. The van der Waals surface area contributed by atoms with E-state index in [9.17, 15) is 13.5 Å². The van der Waals surface area contributed by atoms with E-state index < -0.39 is 16.1 Å². The fraction of sp³-hybridized carbons (Fsp3) is 0.353. The number of aliphatic hydroxyl groups is 1. The van der Waals surface area contributed by atoms with Crippen LogP contribution in [0.5, 0.6) is 0 Å². The van der Waals surface area contributed by atoms with E-state index >= 15 is 0 Å². The standard InChI is InChI=1S/C17H22N2O3S/c1-3-13-8-9-15(11-14(13)4-2)23(21,22)19-17(12-20)16-7-5-6-10-18-16/h5-11,17,19-20H,3-4,12H2,1-2H3. The molecule has 0 fully saturated rings. The molecule has 0 radical (unpaired) electrons. The molecule has 23 heavy (non-hydrogen) atoms. The molecule has 1 aromatic heterocycles. The van der Waals surface area contributed by atoms with Crippen molar-refractivity contribution in [3.8, 4) is 0 Å². The molecule has 1 unspecified atom stereocenters. The normalized spacial score (nSPS) is 13.0. The monoisotopic (exact) mass is 334 g/mol. The maximum Gasteiger partial charge on any atom is 0.241 e. The molecule has 0 aliphatic heterocycles. The van der Waals surface area contributed by atoms with Gasteiger partial charge in [-0.25, -0.2) is 8.42 Å².